The van der Waals surface area contributed by atoms with Crippen molar-refractivity contribution in [2.75, 3.05) is 19.7 Å². The number of unbranched alkanes of at least 4 members (excludes halogenated alkanes) is 6. The quantitative estimate of drug-likeness (QED) is 0.0675. The van der Waals surface area contributed by atoms with Crippen LogP contribution in [0.1, 0.15) is 163 Å². The lowest BCUT2D eigenvalue weighted by molar-refractivity contribution is -0.225. The van der Waals surface area contributed by atoms with Crippen LogP contribution in [0.5, 0.6) is 0 Å². The first-order chi connectivity index (χ1) is 25.4. The Hall–Kier alpha value is -2.20. The molecule has 0 saturated heterocycles. The molecule has 4 N–H and O–H groups in total. The van der Waals surface area contributed by atoms with E-state index in [2.05, 4.69) is 27.7 Å². The zero-order valence-corrected chi connectivity index (χ0v) is 33.9. The van der Waals surface area contributed by atoms with Crippen LogP contribution >= 0.6 is 0 Å². The Bertz CT molecular complexity index is 1200. The number of rotatable bonds is 21. The summed E-state index contributed by atoms with van der Waals surface area (Å²) in [6.07, 6.45) is 15.9. The Morgan fingerprint density at radius 2 is 1.36 bits per heavy atom. The Morgan fingerprint density at radius 3 is 2.04 bits per heavy atom. The van der Waals surface area contributed by atoms with E-state index in [0.29, 0.717) is 25.9 Å². The van der Waals surface area contributed by atoms with E-state index in [4.69, 9.17) is 30.4 Å². The topological polar surface area (TPSA) is 157 Å². The smallest absolute Gasteiger partial charge is 0.307 e. The summed E-state index contributed by atoms with van der Waals surface area (Å²) in [6, 6.07) is 0. The minimum atomic E-state index is -0.347. The maximum atomic E-state index is 13.3. The lowest BCUT2D eigenvalue weighted by Gasteiger charge is -2.64. The minimum Gasteiger partial charge on any atom is -0.466 e. The van der Waals surface area contributed by atoms with Crippen molar-refractivity contribution in [2.24, 2.45) is 57.8 Å². The van der Waals surface area contributed by atoms with Gasteiger partial charge in [0.2, 0.25) is 0 Å². The third-order valence-electron chi connectivity index (χ3n) is 14.3. The average Bonchev–Trinajstić information content (AvgIpc) is 3.47. The standard InChI is InChI=1S/C43H74N2O8/c1-6-8-9-10-11-12-13-25-50-37(46)18-15-29(3)32-16-17-33-41-34(28-36(43(32,33)5)53-40(49)21-24-45)42(4)22-19-31(51-39(48)20-23-44)26-30(42)27-35(41)52-38(47)14-7-2/h29-36,41H,6-28,44-45H2,1-5H3/t29-,30+,31-,32-,33+,34+,35-,36+,41+,42+,43-/m1/s1. The van der Waals surface area contributed by atoms with Gasteiger partial charge in [0.15, 0.2) is 0 Å². The van der Waals surface area contributed by atoms with E-state index in [1.54, 1.807) is 0 Å². The van der Waals surface area contributed by atoms with Gasteiger partial charge in [-0.2, -0.15) is 0 Å². The highest BCUT2D eigenvalue weighted by atomic mass is 16.6. The second-order valence-electron chi connectivity index (χ2n) is 17.6. The molecular weight excluding hydrogens is 672 g/mol. The predicted molar refractivity (Wildman–Crippen MR) is 205 cm³/mol. The third kappa shape index (κ3) is 10.8. The fourth-order valence-electron chi connectivity index (χ4n) is 11.5. The van der Waals surface area contributed by atoms with Gasteiger partial charge in [0.25, 0.3) is 0 Å². The van der Waals surface area contributed by atoms with Crippen LogP contribution in [0.2, 0.25) is 0 Å². The monoisotopic (exact) mass is 747 g/mol. The van der Waals surface area contributed by atoms with Gasteiger partial charge in [-0.15, -0.1) is 0 Å². The van der Waals surface area contributed by atoms with Crippen molar-refractivity contribution in [3.8, 4) is 0 Å². The summed E-state index contributed by atoms with van der Waals surface area (Å²) in [5, 5.41) is 0. The molecule has 0 radical (unpaired) electrons. The van der Waals surface area contributed by atoms with E-state index < -0.39 is 0 Å². The molecule has 0 spiro atoms. The van der Waals surface area contributed by atoms with Gasteiger partial charge in [0, 0.05) is 37.3 Å². The molecule has 4 aliphatic rings. The SMILES string of the molecule is CCCCCCCCCOC(=O)CC[C@@H](C)[C@H]1CC[C@H]2[C@@H]3[C@H](OC(=O)CCC)C[C@@H]4C[C@H](OC(=O)CCN)CC[C@]4(C)[C@H]3C[C@H](OC(=O)CCN)[C@]12C. The van der Waals surface area contributed by atoms with Gasteiger partial charge in [-0.05, 0) is 99.2 Å². The molecule has 0 heterocycles. The summed E-state index contributed by atoms with van der Waals surface area (Å²) in [4.78, 5) is 51.8. The zero-order valence-electron chi connectivity index (χ0n) is 33.9. The number of esters is 4. The maximum absolute atomic E-state index is 13.3. The molecule has 0 aliphatic heterocycles. The van der Waals surface area contributed by atoms with Crippen LogP contribution in [-0.4, -0.2) is 61.9 Å². The lowest BCUT2D eigenvalue weighted by Crippen LogP contribution is -2.63. The van der Waals surface area contributed by atoms with Crippen LogP contribution < -0.4 is 11.5 Å². The first-order valence-corrected chi connectivity index (χ1v) is 21.6. The van der Waals surface area contributed by atoms with Gasteiger partial charge in [-0.25, -0.2) is 0 Å². The van der Waals surface area contributed by atoms with Gasteiger partial charge in [0.1, 0.15) is 18.3 Å². The number of hydrogen-bond donors (Lipinski definition) is 2. The van der Waals surface area contributed by atoms with Crippen molar-refractivity contribution < 1.29 is 38.1 Å². The predicted octanol–water partition coefficient (Wildman–Crippen LogP) is 7.81. The van der Waals surface area contributed by atoms with Crippen molar-refractivity contribution in [3.05, 3.63) is 0 Å². The molecule has 0 aromatic carbocycles. The van der Waals surface area contributed by atoms with E-state index in [0.717, 1.165) is 64.2 Å². The van der Waals surface area contributed by atoms with Gasteiger partial charge in [0.05, 0.1) is 19.4 Å². The van der Waals surface area contributed by atoms with Crippen LogP contribution in [0.15, 0.2) is 0 Å². The molecular formula is C43H74N2O8. The molecule has 4 rings (SSSR count). The lowest BCUT2D eigenvalue weighted by atomic mass is 9.43. The summed E-state index contributed by atoms with van der Waals surface area (Å²) in [7, 11) is 0. The van der Waals surface area contributed by atoms with Crippen LogP contribution in [0.4, 0.5) is 0 Å². The molecule has 4 aliphatic carbocycles. The van der Waals surface area contributed by atoms with Crippen LogP contribution in [0.3, 0.4) is 0 Å². The molecule has 0 unspecified atom stereocenters. The molecule has 0 aromatic heterocycles. The van der Waals surface area contributed by atoms with Gasteiger partial charge in [-0.3, -0.25) is 19.2 Å². The highest BCUT2D eigenvalue weighted by Crippen LogP contribution is 2.69. The number of ether oxygens (including phenoxy) is 4. The molecule has 4 saturated carbocycles. The van der Waals surface area contributed by atoms with E-state index in [1.807, 2.05) is 6.92 Å². The molecule has 10 nitrogen and oxygen atoms in total. The van der Waals surface area contributed by atoms with Gasteiger partial charge in [-0.1, -0.05) is 73.1 Å². The first-order valence-electron chi connectivity index (χ1n) is 21.6. The minimum absolute atomic E-state index is 0.0854. The van der Waals surface area contributed by atoms with Crippen molar-refractivity contribution in [1.29, 1.82) is 0 Å². The largest absolute Gasteiger partial charge is 0.466 e. The molecule has 304 valence electrons. The Labute approximate surface area is 320 Å². The fourth-order valence-corrected chi connectivity index (χ4v) is 11.5. The van der Waals surface area contributed by atoms with Crippen molar-refractivity contribution in [2.45, 2.75) is 181 Å². The second-order valence-corrected chi connectivity index (χ2v) is 17.6. The maximum Gasteiger partial charge on any atom is 0.307 e. The Kier molecular flexibility index (Phi) is 17.0. The molecule has 0 aromatic rings. The van der Waals surface area contributed by atoms with Crippen molar-refractivity contribution in [3.63, 3.8) is 0 Å². The highest BCUT2D eigenvalue weighted by Gasteiger charge is 2.67. The number of carbonyl (C=O) groups is 4. The van der Waals surface area contributed by atoms with Gasteiger partial charge >= 0.3 is 23.9 Å². The van der Waals surface area contributed by atoms with Crippen LogP contribution in [-0.2, 0) is 38.1 Å². The molecule has 0 bridgehead atoms. The summed E-state index contributed by atoms with van der Waals surface area (Å²) >= 11 is 0. The molecule has 10 heteroatoms. The fraction of sp³-hybridized carbons (Fsp3) is 0.907. The second kappa shape index (κ2) is 20.6. The highest BCUT2D eigenvalue weighted by molar-refractivity contribution is 5.71. The van der Waals surface area contributed by atoms with Gasteiger partial charge < -0.3 is 30.4 Å². The summed E-state index contributed by atoms with van der Waals surface area (Å²) < 4.78 is 24.5. The van der Waals surface area contributed by atoms with Crippen LogP contribution in [0.25, 0.3) is 0 Å². The van der Waals surface area contributed by atoms with Crippen molar-refractivity contribution in [1.82, 2.24) is 0 Å². The summed E-state index contributed by atoms with van der Waals surface area (Å²) in [5.74, 6) is 0.332. The molecule has 0 amide bonds. The molecule has 53 heavy (non-hydrogen) atoms. The Morgan fingerprint density at radius 1 is 0.698 bits per heavy atom. The average molecular weight is 747 g/mol. The molecule has 4 fully saturated rings. The number of fused-ring (bicyclic) bond motifs is 5. The zero-order chi connectivity index (χ0) is 38.6. The summed E-state index contributed by atoms with van der Waals surface area (Å²) in [6.45, 7) is 12.1. The number of nitrogens with two attached hydrogens (primary N) is 2. The van der Waals surface area contributed by atoms with E-state index >= 15 is 0 Å². The van der Waals surface area contributed by atoms with E-state index in [-0.39, 0.29) is 114 Å². The first kappa shape index (κ1) is 43.5. The Balaban J connectivity index is 1.53. The number of hydrogen-bond acceptors (Lipinski definition) is 10. The van der Waals surface area contributed by atoms with E-state index in [1.165, 1.54) is 32.1 Å². The van der Waals surface area contributed by atoms with E-state index in [9.17, 15) is 19.2 Å². The molecule has 11 atom stereocenters. The third-order valence-corrected chi connectivity index (χ3v) is 14.3. The van der Waals surface area contributed by atoms with Crippen molar-refractivity contribution >= 4 is 23.9 Å². The van der Waals surface area contributed by atoms with Crippen LogP contribution in [0, 0.1) is 46.3 Å². The summed E-state index contributed by atoms with van der Waals surface area (Å²) in [5.41, 5.74) is 11.0. The number of carbonyl (C=O) groups excluding carboxylic acids is 4. The normalized spacial score (nSPS) is 33.9.